The lowest BCUT2D eigenvalue weighted by molar-refractivity contribution is 0.645. The summed E-state index contributed by atoms with van der Waals surface area (Å²) in [6.45, 7) is 1.80. The first kappa shape index (κ1) is 11.8. The first-order valence-electron chi connectivity index (χ1n) is 5.56. The molecule has 0 aliphatic rings. The number of thiophene rings is 1. The Morgan fingerprint density at radius 3 is 3.12 bits per heavy atom. The minimum Gasteiger partial charge on any atom is -0.349 e. The quantitative estimate of drug-likeness (QED) is 0.767. The van der Waals surface area contributed by atoms with Crippen molar-refractivity contribution in [1.82, 2.24) is 15.3 Å². The summed E-state index contributed by atoms with van der Waals surface area (Å²) in [6, 6.07) is 6.01. The fourth-order valence-corrected chi connectivity index (χ4v) is 2.33. The summed E-state index contributed by atoms with van der Waals surface area (Å²) in [5.74, 6) is 1.04. The molecule has 2 rings (SSSR count). The molecular weight excluding hydrogens is 232 g/mol. The maximum absolute atomic E-state index is 8.70. The summed E-state index contributed by atoms with van der Waals surface area (Å²) in [5, 5.41) is 12.1. The predicted molar refractivity (Wildman–Crippen MR) is 67.6 cm³/mol. The third-order valence-electron chi connectivity index (χ3n) is 2.39. The Balaban J connectivity index is 1.62. The van der Waals surface area contributed by atoms with Crippen molar-refractivity contribution in [2.24, 2.45) is 0 Å². The van der Waals surface area contributed by atoms with Gasteiger partial charge in [0.25, 0.3) is 0 Å². The maximum atomic E-state index is 8.70. The van der Waals surface area contributed by atoms with Gasteiger partial charge >= 0.3 is 0 Å². The largest absolute Gasteiger partial charge is 0.349 e. The average Bonchev–Trinajstić information content (AvgIpc) is 2.99. The second-order valence-electron chi connectivity index (χ2n) is 3.69. The number of aromatic amines is 1. The van der Waals surface area contributed by atoms with Crippen LogP contribution in [0.1, 0.15) is 22.0 Å². The van der Waals surface area contributed by atoms with E-state index in [1.54, 1.807) is 17.5 Å². The van der Waals surface area contributed by atoms with E-state index in [4.69, 9.17) is 5.26 Å². The van der Waals surface area contributed by atoms with Crippen molar-refractivity contribution >= 4 is 11.3 Å². The molecule has 0 fully saturated rings. The van der Waals surface area contributed by atoms with Crippen molar-refractivity contribution in [2.75, 3.05) is 6.54 Å². The zero-order valence-electron chi connectivity index (χ0n) is 9.44. The van der Waals surface area contributed by atoms with Gasteiger partial charge in [-0.1, -0.05) is 0 Å². The van der Waals surface area contributed by atoms with E-state index < -0.39 is 0 Å². The Morgan fingerprint density at radius 1 is 1.47 bits per heavy atom. The van der Waals surface area contributed by atoms with Crippen LogP contribution in [0.25, 0.3) is 0 Å². The van der Waals surface area contributed by atoms with E-state index in [0.29, 0.717) is 0 Å². The molecule has 0 amide bonds. The molecule has 0 spiro atoms. The van der Waals surface area contributed by atoms with Gasteiger partial charge in [0, 0.05) is 30.2 Å². The first-order valence-corrected chi connectivity index (χ1v) is 6.38. The number of imidazole rings is 1. The third kappa shape index (κ3) is 3.70. The van der Waals surface area contributed by atoms with E-state index in [-0.39, 0.29) is 0 Å². The van der Waals surface area contributed by atoms with Crippen LogP contribution >= 0.6 is 11.3 Å². The normalized spacial score (nSPS) is 10.3. The highest BCUT2D eigenvalue weighted by molar-refractivity contribution is 7.12. The van der Waals surface area contributed by atoms with Gasteiger partial charge in [0.2, 0.25) is 0 Å². The van der Waals surface area contributed by atoms with Crippen LogP contribution in [-0.2, 0) is 13.0 Å². The Labute approximate surface area is 104 Å². The average molecular weight is 246 g/mol. The SMILES string of the molecule is N#Cc1ccc(CNCCCc2ncc[nH]2)s1. The number of nitriles is 1. The lowest BCUT2D eigenvalue weighted by Crippen LogP contribution is -2.14. The summed E-state index contributed by atoms with van der Waals surface area (Å²) in [4.78, 5) is 9.24. The zero-order valence-corrected chi connectivity index (χ0v) is 10.3. The minimum absolute atomic E-state index is 0.775. The summed E-state index contributed by atoms with van der Waals surface area (Å²) in [7, 11) is 0. The van der Waals surface area contributed by atoms with Gasteiger partial charge in [0.15, 0.2) is 0 Å². The lowest BCUT2D eigenvalue weighted by Gasteiger charge is -2.01. The number of aromatic nitrogens is 2. The summed E-state index contributed by atoms with van der Waals surface area (Å²) in [6.07, 6.45) is 5.65. The van der Waals surface area contributed by atoms with Crippen LogP contribution in [0, 0.1) is 11.3 Å². The third-order valence-corrected chi connectivity index (χ3v) is 3.38. The van der Waals surface area contributed by atoms with Gasteiger partial charge in [-0.25, -0.2) is 4.98 Å². The molecule has 0 atom stereocenters. The highest BCUT2D eigenvalue weighted by atomic mass is 32.1. The molecule has 0 aliphatic carbocycles. The van der Waals surface area contributed by atoms with Crippen molar-refractivity contribution in [3.63, 3.8) is 0 Å². The van der Waals surface area contributed by atoms with E-state index in [1.807, 2.05) is 18.3 Å². The molecular formula is C12H14N4S. The second-order valence-corrected chi connectivity index (χ2v) is 4.86. The molecule has 88 valence electrons. The van der Waals surface area contributed by atoms with Gasteiger partial charge in [0.1, 0.15) is 16.8 Å². The number of nitrogens with one attached hydrogen (secondary N) is 2. The monoisotopic (exact) mass is 246 g/mol. The van der Waals surface area contributed by atoms with Gasteiger partial charge < -0.3 is 10.3 Å². The molecule has 17 heavy (non-hydrogen) atoms. The van der Waals surface area contributed by atoms with Crippen molar-refractivity contribution < 1.29 is 0 Å². The van der Waals surface area contributed by atoms with Crippen LogP contribution in [0.15, 0.2) is 24.5 Å². The summed E-state index contributed by atoms with van der Waals surface area (Å²) < 4.78 is 0. The van der Waals surface area contributed by atoms with Crippen molar-refractivity contribution in [3.05, 3.63) is 40.1 Å². The summed E-state index contributed by atoms with van der Waals surface area (Å²) >= 11 is 1.55. The van der Waals surface area contributed by atoms with Crippen molar-refractivity contribution in [3.8, 4) is 6.07 Å². The molecule has 2 aromatic heterocycles. The van der Waals surface area contributed by atoms with Crippen LogP contribution in [0.5, 0.6) is 0 Å². The molecule has 5 heteroatoms. The predicted octanol–water partition coefficient (Wildman–Crippen LogP) is 2.07. The number of rotatable bonds is 6. The number of hydrogen-bond donors (Lipinski definition) is 2. The molecule has 2 N–H and O–H groups in total. The van der Waals surface area contributed by atoms with Gasteiger partial charge in [-0.2, -0.15) is 5.26 Å². The maximum Gasteiger partial charge on any atom is 0.110 e. The molecule has 2 aromatic rings. The fourth-order valence-electron chi connectivity index (χ4n) is 1.56. The van der Waals surface area contributed by atoms with Crippen LogP contribution in [0.2, 0.25) is 0 Å². The van der Waals surface area contributed by atoms with Crippen LogP contribution in [0.4, 0.5) is 0 Å². The van der Waals surface area contributed by atoms with Gasteiger partial charge in [-0.05, 0) is 25.1 Å². The Bertz CT molecular complexity index is 481. The molecule has 0 bridgehead atoms. The number of H-pyrrole nitrogens is 1. The smallest absolute Gasteiger partial charge is 0.110 e. The van der Waals surface area contributed by atoms with Gasteiger partial charge in [0.05, 0.1) is 0 Å². The minimum atomic E-state index is 0.775. The molecule has 4 nitrogen and oxygen atoms in total. The summed E-state index contributed by atoms with van der Waals surface area (Å²) in [5.41, 5.74) is 0. The van der Waals surface area contributed by atoms with E-state index in [0.717, 1.165) is 36.6 Å². The van der Waals surface area contributed by atoms with Gasteiger partial charge in [-0.15, -0.1) is 11.3 Å². The van der Waals surface area contributed by atoms with E-state index in [2.05, 4.69) is 21.4 Å². The van der Waals surface area contributed by atoms with Crippen molar-refractivity contribution in [2.45, 2.75) is 19.4 Å². The zero-order chi connectivity index (χ0) is 11.9. The standard InChI is InChI=1S/C12H14N4S/c13-8-10-3-4-11(17-10)9-14-5-1-2-12-15-6-7-16-12/h3-4,6-7,14H,1-2,5,9H2,(H,15,16). The molecule has 0 aromatic carbocycles. The highest BCUT2D eigenvalue weighted by Gasteiger charge is 1.99. The van der Waals surface area contributed by atoms with E-state index in [1.165, 1.54) is 4.88 Å². The van der Waals surface area contributed by atoms with E-state index in [9.17, 15) is 0 Å². The van der Waals surface area contributed by atoms with E-state index >= 15 is 0 Å². The number of hydrogen-bond acceptors (Lipinski definition) is 4. The van der Waals surface area contributed by atoms with Crippen molar-refractivity contribution in [1.29, 1.82) is 5.26 Å². The Morgan fingerprint density at radius 2 is 2.41 bits per heavy atom. The topological polar surface area (TPSA) is 64.5 Å². The molecule has 0 unspecified atom stereocenters. The first-order chi connectivity index (χ1) is 8.38. The Kier molecular flexibility index (Phi) is 4.30. The van der Waals surface area contributed by atoms with Crippen LogP contribution in [-0.4, -0.2) is 16.5 Å². The highest BCUT2D eigenvalue weighted by Crippen LogP contribution is 2.14. The fraction of sp³-hybridized carbons (Fsp3) is 0.333. The van der Waals surface area contributed by atoms with Gasteiger partial charge in [-0.3, -0.25) is 0 Å². The molecule has 0 saturated carbocycles. The number of nitrogens with zero attached hydrogens (tertiary/aromatic N) is 2. The molecule has 0 radical (unpaired) electrons. The molecule has 0 aliphatic heterocycles. The second kappa shape index (κ2) is 6.18. The Hall–Kier alpha value is -1.64. The number of aryl methyl sites for hydroxylation is 1. The van der Waals surface area contributed by atoms with Crippen LogP contribution in [0.3, 0.4) is 0 Å². The molecule has 2 heterocycles. The molecule has 0 saturated heterocycles. The van der Waals surface area contributed by atoms with Crippen LogP contribution < -0.4 is 5.32 Å². The lowest BCUT2D eigenvalue weighted by atomic mass is 10.3.